The van der Waals surface area contributed by atoms with Gasteiger partial charge in [0.2, 0.25) is 11.2 Å². The van der Waals surface area contributed by atoms with Crippen LogP contribution in [0.1, 0.15) is 18.2 Å². The molecule has 1 N–H and O–H groups in total. The molecule has 3 aromatic rings. The van der Waals surface area contributed by atoms with E-state index in [2.05, 4.69) is 0 Å². The lowest BCUT2D eigenvalue weighted by molar-refractivity contribution is -0.152. The van der Waals surface area contributed by atoms with E-state index in [1.54, 1.807) is 25.1 Å². The fourth-order valence-corrected chi connectivity index (χ4v) is 2.62. The van der Waals surface area contributed by atoms with Crippen LogP contribution in [0.3, 0.4) is 0 Å². The number of rotatable bonds is 2. The third-order valence-electron chi connectivity index (χ3n) is 3.79. The SMILES string of the molecule is CCc1cc2c(=O)c(-c3ccccc3)c(C(F)(F)F)oc2cc1O. The molecule has 0 aliphatic rings. The van der Waals surface area contributed by atoms with E-state index in [4.69, 9.17) is 4.42 Å². The predicted octanol–water partition coefficient (Wildman–Crippen LogP) is 4.75. The summed E-state index contributed by atoms with van der Waals surface area (Å²) in [5, 5.41) is 9.85. The van der Waals surface area contributed by atoms with Gasteiger partial charge in [-0.2, -0.15) is 13.2 Å². The van der Waals surface area contributed by atoms with Gasteiger partial charge < -0.3 is 9.52 Å². The third-order valence-corrected chi connectivity index (χ3v) is 3.79. The Hall–Kier alpha value is -2.76. The molecule has 0 saturated carbocycles. The van der Waals surface area contributed by atoms with Gasteiger partial charge in [0.25, 0.3) is 0 Å². The second-order valence-electron chi connectivity index (χ2n) is 5.33. The smallest absolute Gasteiger partial charge is 0.450 e. The zero-order chi connectivity index (χ0) is 17.5. The first kappa shape index (κ1) is 16.1. The number of fused-ring (bicyclic) bond motifs is 1. The molecule has 2 aromatic carbocycles. The Morgan fingerprint density at radius 2 is 1.79 bits per heavy atom. The first-order chi connectivity index (χ1) is 11.3. The van der Waals surface area contributed by atoms with Crippen LogP contribution >= 0.6 is 0 Å². The van der Waals surface area contributed by atoms with Crippen molar-refractivity contribution in [1.82, 2.24) is 0 Å². The summed E-state index contributed by atoms with van der Waals surface area (Å²) in [7, 11) is 0. The van der Waals surface area contributed by atoms with Gasteiger partial charge in [0.15, 0.2) is 0 Å². The Morgan fingerprint density at radius 1 is 1.12 bits per heavy atom. The number of hydrogen-bond acceptors (Lipinski definition) is 3. The summed E-state index contributed by atoms with van der Waals surface area (Å²) in [6.45, 7) is 1.77. The molecule has 0 fully saturated rings. The summed E-state index contributed by atoms with van der Waals surface area (Å²) in [5.74, 6) is -1.57. The van der Waals surface area contributed by atoms with Crippen LogP contribution in [0.15, 0.2) is 51.7 Å². The molecule has 3 nitrogen and oxygen atoms in total. The molecule has 0 spiro atoms. The molecule has 0 unspecified atom stereocenters. The highest BCUT2D eigenvalue weighted by atomic mass is 19.4. The number of halogens is 3. The van der Waals surface area contributed by atoms with Gasteiger partial charge in [-0.1, -0.05) is 37.3 Å². The number of aryl methyl sites for hydroxylation is 1. The first-order valence-electron chi connectivity index (χ1n) is 7.28. The molecule has 0 bridgehead atoms. The van der Waals surface area contributed by atoms with Crippen molar-refractivity contribution in [3.8, 4) is 16.9 Å². The molecule has 124 valence electrons. The normalized spacial score (nSPS) is 11.8. The van der Waals surface area contributed by atoms with Crippen molar-refractivity contribution in [3.63, 3.8) is 0 Å². The molecule has 0 radical (unpaired) electrons. The Balaban J connectivity index is 2.46. The molecule has 1 heterocycles. The van der Waals surface area contributed by atoms with Gasteiger partial charge in [-0.05, 0) is 23.6 Å². The van der Waals surface area contributed by atoms with Gasteiger partial charge >= 0.3 is 6.18 Å². The predicted molar refractivity (Wildman–Crippen MR) is 84.0 cm³/mol. The van der Waals surface area contributed by atoms with E-state index in [1.165, 1.54) is 18.2 Å². The number of benzene rings is 2. The van der Waals surface area contributed by atoms with E-state index in [-0.39, 0.29) is 22.3 Å². The average Bonchev–Trinajstić information content (AvgIpc) is 2.54. The van der Waals surface area contributed by atoms with Crippen molar-refractivity contribution in [2.75, 3.05) is 0 Å². The van der Waals surface area contributed by atoms with E-state index in [0.717, 1.165) is 6.07 Å². The fraction of sp³-hybridized carbons (Fsp3) is 0.167. The summed E-state index contributed by atoms with van der Waals surface area (Å²) in [6.07, 6.45) is -4.40. The van der Waals surface area contributed by atoms with Gasteiger partial charge in [0, 0.05) is 6.07 Å². The molecule has 0 saturated heterocycles. The highest BCUT2D eigenvalue weighted by Gasteiger charge is 2.39. The molecule has 24 heavy (non-hydrogen) atoms. The largest absolute Gasteiger partial charge is 0.508 e. The molecule has 0 aliphatic heterocycles. The van der Waals surface area contributed by atoms with E-state index < -0.39 is 22.9 Å². The van der Waals surface area contributed by atoms with Crippen LogP contribution in [0.25, 0.3) is 22.1 Å². The highest BCUT2D eigenvalue weighted by Crippen LogP contribution is 2.38. The second-order valence-corrected chi connectivity index (χ2v) is 5.33. The van der Waals surface area contributed by atoms with E-state index in [0.29, 0.717) is 12.0 Å². The van der Waals surface area contributed by atoms with E-state index in [9.17, 15) is 23.1 Å². The molecule has 0 amide bonds. The maximum absolute atomic E-state index is 13.4. The maximum atomic E-state index is 13.4. The molecular formula is C18H13F3O3. The van der Waals surface area contributed by atoms with Crippen molar-refractivity contribution >= 4 is 11.0 Å². The monoisotopic (exact) mass is 334 g/mol. The maximum Gasteiger partial charge on any atom is 0.450 e. The minimum Gasteiger partial charge on any atom is -0.508 e. The molecular weight excluding hydrogens is 321 g/mol. The number of phenols is 1. The topological polar surface area (TPSA) is 50.4 Å². The molecule has 1 aromatic heterocycles. The lowest BCUT2D eigenvalue weighted by Gasteiger charge is -2.13. The van der Waals surface area contributed by atoms with Gasteiger partial charge in [-0.25, -0.2) is 0 Å². The van der Waals surface area contributed by atoms with Gasteiger partial charge in [0.1, 0.15) is 11.3 Å². The van der Waals surface area contributed by atoms with E-state index in [1.807, 2.05) is 0 Å². The summed E-state index contributed by atoms with van der Waals surface area (Å²) in [4.78, 5) is 12.7. The summed E-state index contributed by atoms with van der Waals surface area (Å²) < 4.78 is 45.2. The van der Waals surface area contributed by atoms with Gasteiger partial charge in [-0.15, -0.1) is 0 Å². The van der Waals surface area contributed by atoms with Crippen molar-refractivity contribution in [2.24, 2.45) is 0 Å². The van der Waals surface area contributed by atoms with Crippen LogP contribution in [0.5, 0.6) is 5.75 Å². The average molecular weight is 334 g/mol. The van der Waals surface area contributed by atoms with E-state index >= 15 is 0 Å². The molecule has 0 atom stereocenters. The number of phenolic OH excluding ortho intramolecular Hbond substituents is 1. The first-order valence-corrected chi connectivity index (χ1v) is 7.28. The number of hydrogen-bond donors (Lipinski definition) is 1. The standard InChI is InChI=1S/C18H13F3O3/c1-2-10-8-12-14(9-13(10)22)24-17(18(19,20)21)15(16(12)23)11-6-4-3-5-7-11/h3-9,22H,2H2,1H3. The van der Waals surface area contributed by atoms with Gasteiger partial charge in [-0.3, -0.25) is 4.79 Å². The lowest BCUT2D eigenvalue weighted by Crippen LogP contribution is -2.16. The van der Waals surface area contributed by atoms with Crippen LogP contribution in [0.2, 0.25) is 0 Å². The lowest BCUT2D eigenvalue weighted by atomic mass is 10.00. The Morgan fingerprint density at radius 3 is 2.38 bits per heavy atom. The number of aromatic hydroxyl groups is 1. The van der Waals surface area contributed by atoms with Crippen LogP contribution in [0, 0.1) is 0 Å². The summed E-state index contributed by atoms with van der Waals surface area (Å²) in [5.41, 5.74) is -0.991. The summed E-state index contributed by atoms with van der Waals surface area (Å²) in [6, 6.07) is 10.0. The van der Waals surface area contributed by atoms with Crippen molar-refractivity contribution < 1.29 is 22.7 Å². The van der Waals surface area contributed by atoms with Crippen LogP contribution in [-0.4, -0.2) is 5.11 Å². The molecule has 3 rings (SSSR count). The Kier molecular flexibility index (Phi) is 3.83. The minimum absolute atomic E-state index is 0.0107. The highest BCUT2D eigenvalue weighted by molar-refractivity contribution is 5.85. The summed E-state index contributed by atoms with van der Waals surface area (Å²) >= 11 is 0. The zero-order valence-electron chi connectivity index (χ0n) is 12.6. The quantitative estimate of drug-likeness (QED) is 0.736. The molecule has 0 aliphatic carbocycles. The van der Waals surface area contributed by atoms with Crippen molar-refractivity contribution in [1.29, 1.82) is 0 Å². The zero-order valence-corrected chi connectivity index (χ0v) is 12.6. The van der Waals surface area contributed by atoms with Gasteiger partial charge in [0.05, 0.1) is 10.9 Å². The van der Waals surface area contributed by atoms with Crippen molar-refractivity contribution in [3.05, 3.63) is 64.0 Å². The van der Waals surface area contributed by atoms with Crippen LogP contribution in [-0.2, 0) is 12.6 Å². The van der Waals surface area contributed by atoms with Crippen LogP contribution in [0.4, 0.5) is 13.2 Å². The second kappa shape index (κ2) is 5.70. The van der Waals surface area contributed by atoms with Crippen LogP contribution < -0.4 is 5.43 Å². The Labute approximate surface area is 135 Å². The third kappa shape index (κ3) is 2.64. The number of alkyl halides is 3. The fourth-order valence-electron chi connectivity index (χ4n) is 2.62. The molecule has 6 heteroatoms. The Bertz CT molecular complexity index is 957. The van der Waals surface area contributed by atoms with Crippen molar-refractivity contribution in [2.45, 2.75) is 19.5 Å². The minimum atomic E-state index is -4.84.